The van der Waals surface area contributed by atoms with Gasteiger partial charge in [-0.3, -0.25) is 9.69 Å². The minimum atomic E-state index is -0.839. The molecule has 0 aromatic rings. The fraction of sp³-hybridized carbons (Fsp3) is 0.692. The zero-order chi connectivity index (χ0) is 14.4. The fourth-order valence-electron chi connectivity index (χ4n) is 2.36. The number of rotatable bonds is 5. The molecular weight excluding hydrogens is 278 g/mol. The third-order valence-corrected chi connectivity index (χ3v) is 4.48. The number of hydrogen-bond donors (Lipinski definition) is 3. The number of urea groups is 1. The minimum absolute atomic E-state index is 0.178. The van der Waals surface area contributed by atoms with E-state index in [0.29, 0.717) is 13.0 Å². The van der Waals surface area contributed by atoms with Crippen LogP contribution in [-0.4, -0.2) is 65.7 Å². The van der Waals surface area contributed by atoms with E-state index in [2.05, 4.69) is 15.5 Å². The Balaban J connectivity index is 1.59. The number of carboxylic acid groups (broad SMARTS) is 1. The molecule has 2 atom stereocenters. The molecule has 0 bridgehead atoms. The van der Waals surface area contributed by atoms with E-state index in [-0.39, 0.29) is 12.1 Å². The number of thioether (sulfide) groups is 1. The summed E-state index contributed by atoms with van der Waals surface area (Å²) in [6.07, 6.45) is 3.82. The highest BCUT2D eigenvalue weighted by molar-refractivity contribution is 7.99. The van der Waals surface area contributed by atoms with Crippen molar-refractivity contribution in [2.45, 2.75) is 12.5 Å². The molecule has 112 valence electrons. The van der Waals surface area contributed by atoms with Gasteiger partial charge in [-0.15, -0.1) is 0 Å². The molecule has 1 fully saturated rings. The van der Waals surface area contributed by atoms with Gasteiger partial charge >= 0.3 is 12.0 Å². The predicted octanol–water partition coefficient (Wildman–Crippen LogP) is 0.364. The molecule has 1 aliphatic heterocycles. The van der Waals surface area contributed by atoms with E-state index >= 15 is 0 Å². The van der Waals surface area contributed by atoms with Crippen LogP contribution in [0.15, 0.2) is 12.2 Å². The lowest BCUT2D eigenvalue weighted by atomic mass is 10.1. The average molecular weight is 299 g/mol. The summed E-state index contributed by atoms with van der Waals surface area (Å²) < 4.78 is 0. The lowest BCUT2D eigenvalue weighted by Gasteiger charge is -2.26. The van der Waals surface area contributed by atoms with E-state index in [1.807, 2.05) is 11.8 Å². The number of nitrogens with one attached hydrogen (secondary N) is 2. The molecule has 0 saturated carbocycles. The van der Waals surface area contributed by atoms with Crippen LogP contribution >= 0.6 is 11.8 Å². The van der Waals surface area contributed by atoms with Crippen molar-refractivity contribution < 1.29 is 14.7 Å². The molecule has 6 nitrogen and oxygen atoms in total. The van der Waals surface area contributed by atoms with Crippen LogP contribution in [0.1, 0.15) is 6.42 Å². The first kappa shape index (κ1) is 15.2. The van der Waals surface area contributed by atoms with Crippen LogP contribution in [0.5, 0.6) is 0 Å². The summed E-state index contributed by atoms with van der Waals surface area (Å²) in [4.78, 5) is 24.8. The molecule has 20 heavy (non-hydrogen) atoms. The van der Waals surface area contributed by atoms with Gasteiger partial charge in [0.2, 0.25) is 0 Å². The van der Waals surface area contributed by atoms with Gasteiger partial charge < -0.3 is 15.7 Å². The zero-order valence-electron chi connectivity index (χ0n) is 11.4. The van der Waals surface area contributed by atoms with Crippen molar-refractivity contribution >= 4 is 23.8 Å². The molecule has 1 aliphatic carbocycles. The Morgan fingerprint density at radius 3 is 2.70 bits per heavy atom. The maximum Gasteiger partial charge on any atom is 0.315 e. The molecule has 2 aliphatic rings. The third kappa shape index (κ3) is 4.72. The van der Waals surface area contributed by atoms with Crippen LogP contribution in [0.3, 0.4) is 0 Å². The Hall–Kier alpha value is -1.21. The largest absolute Gasteiger partial charge is 0.481 e. The predicted molar refractivity (Wildman–Crippen MR) is 79.0 cm³/mol. The smallest absolute Gasteiger partial charge is 0.315 e. The van der Waals surface area contributed by atoms with Gasteiger partial charge in [0.15, 0.2) is 0 Å². The van der Waals surface area contributed by atoms with Crippen molar-refractivity contribution in [3.05, 3.63) is 12.2 Å². The second kappa shape index (κ2) is 7.54. The van der Waals surface area contributed by atoms with E-state index in [0.717, 1.165) is 31.1 Å². The van der Waals surface area contributed by atoms with Crippen molar-refractivity contribution in [3.8, 4) is 0 Å². The van der Waals surface area contributed by atoms with Gasteiger partial charge in [-0.1, -0.05) is 12.2 Å². The van der Waals surface area contributed by atoms with E-state index < -0.39 is 11.9 Å². The molecule has 0 radical (unpaired) electrons. The summed E-state index contributed by atoms with van der Waals surface area (Å²) in [7, 11) is 0. The highest BCUT2D eigenvalue weighted by Crippen LogP contribution is 2.17. The molecule has 1 saturated heterocycles. The van der Waals surface area contributed by atoms with Crippen molar-refractivity contribution in [1.29, 1.82) is 0 Å². The Bertz CT molecular complexity index is 383. The van der Waals surface area contributed by atoms with Gasteiger partial charge in [0.25, 0.3) is 0 Å². The highest BCUT2D eigenvalue weighted by atomic mass is 32.2. The Kier molecular flexibility index (Phi) is 5.72. The second-order valence-electron chi connectivity index (χ2n) is 5.03. The lowest BCUT2D eigenvalue weighted by Crippen LogP contribution is -2.45. The van der Waals surface area contributed by atoms with Crippen molar-refractivity contribution in [2.75, 3.05) is 37.7 Å². The number of carbonyl (C=O) groups is 2. The summed E-state index contributed by atoms with van der Waals surface area (Å²) in [5, 5.41) is 14.5. The maximum atomic E-state index is 11.7. The van der Waals surface area contributed by atoms with Crippen molar-refractivity contribution in [3.63, 3.8) is 0 Å². The summed E-state index contributed by atoms with van der Waals surface area (Å²) in [6, 6.07) is -0.403. The minimum Gasteiger partial charge on any atom is -0.481 e. The zero-order valence-corrected chi connectivity index (χ0v) is 12.2. The number of carbonyl (C=O) groups excluding carboxylic acids is 1. The third-order valence-electron chi connectivity index (χ3n) is 3.53. The van der Waals surface area contributed by atoms with Crippen LogP contribution in [0.2, 0.25) is 0 Å². The quantitative estimate of drug-likeness (QED) is 0.639. The number of nitrogens with zero attached hydrogens (tertiary/aromatic N) is 1. The lowest BCUT2D eigenvalue weighted by molar-refractivity contribution is -0.140. The average Bonchev–Trinajstić information content (AvgIpc) is 2.88. The normalized spacial score (nSPS) is 26.4. The monoisotopic (exact) mass is 299 g/mol. The second-order valence-corrected chi connectivity index (χ2v) is 6.25. The molecule has 3 N–H and O–H groups in total. The number of amides is 2. The molecule has 1 heterocycles. The summed E-state index contributed by atoms with van der Waals surface area (Å²) in [5.41, 5.74) is 0. The van der Waals surface area contributed by atoms with Crippen LogP contribution in [-0.2, 0) is 4.79 Å². The fourth-order valence-corrected chi connectivity index (χ4v) is 3.34. The number of hydrogen-bond acceptors (Lipinski definition) is 4. The van der Waals surface area contributed by atoms with Crippen LogP contribution in [0, 0.1) is 5.92 Å². The van der Waals surface area contributed by atoms with E-state index in [9.17, 15) is 9.59 Å². The van der Waals surface area contributed by atoms with Crippen LogP contribution in [0.4, 0.5) is 4.79 Å². The van der Waals surface area contributed by atoms with Gasteiger partial charge in [-0.05, 0) is 6.42 Å². The van der Waals surface area contributed by atoms with E-state index in [1.54, 1.807) is 12.2 Å². The Morgan fingerprint density at radius 1 is 1.30 bits per heavy atom. The number of aliphatic carboxylic acids is 1. The maximum absolute atomic E-state index is 11.7. The molecule has 0 spiro atoms. The molecule has 2 unspecified atom stereocenters. The van der Waals surface area contributed by atoms with Crippen LogP contribution in [0.25, 0.3) is 0 Å². The van der Waals surface area contributed by atoms with Crippen molar-refractivity contribution in [2.24, 2.45) is 5.92 Å². The summed E-state index contributed by atoms with van der Waals surface area (Å²) >= 11 is 1.97. The standard InChI is InChI=1S/C13H21N3O3S/c17-12(18)10-1-2-11(9-10)15-13(19)14-3-4-16-5-7-20-8-6-16/h1-2,10-11H,3-9H2,(H,17,18)(H2,14,15,19). The SMILES string of the molecule is O=C(NCCN1CCSCC1)NC1C=CC(C(=O)O)C1. The first-order chi connectivity index (χ1) is 9.65. The van der Waals surface area contributed by atoms with Gasteiger partial charge in [0, 0.05) is 37.7 Å². The Morgan fingerprint density at radius 2 is 2.05 bits per heavy atom. The number of carboxylic acids is 1. The van der Waals surface area contributed by atoms with Crippen LogP contribution < -0.4 is 10.6 Å². The molecule has 0 aromatic carbocycles. The first-order valence-corrected chi connectivity index (χ1v) is 8.06. The topological polar surface area (TPSA) is 81.7 Å². The van der Waals surface area contributed by atoms with Gasteiger partial charge in [0.05, 0.1) is 12.0 Å². The molecule has 2 rings (SSSR count). The van der Waals surface area contributed by atoms with E-state index in [1.165, 1.54) is 0 Å². The Labute approximate surface area is 123 Å². The van der Waals surface area contributed by atoms with Crippen molar-refractivity contribution in [1.82, 2.24) is 15.5 Å². The van der Waals surface area contributed by atoms with Gasteiger partial charge in [0.1, 0.15) is 0 Å². The molecule has 7 heteroatoms. The van der Waals surface area contributed by atoms with E-state index in [4.69, 9.17) is 5.11 Å². The van der Waals surface area contributed by atoms with Gasteiger partial charge in [-0.2, -0.15) is 11.8 Å². The molecule has 0 aromatic heterocycles. The summed E-state index contributed by atoms with van der Waals surface area (Å²) in [6.45, 7) is 3.65. The highest BCUT2D eigenvalue weighted by Gasteiger charge is 2.25. The van der Waals surface area contributed by atoms with Gasteiger partial charge in [-0.25, -0.2) is 4.79 Å². The molecular formula is C13H21N3O3S. The summed E-state index contributed by atoms with van der Waals surface area (Å²) in [5.74, 6) is 1.01. The first-order valence-electron chi connectivity index (χ1n) is 6.91. The molecule has 2 amide bonds.